The third-order valence-electron chi connectivity index (χ3n) is 16.5. The molecule has 546 valence electrons. The van der Waals surface area contributed by atoms with Gasteiger partial charge in [0.1, 0.15) is 36.8 Å². The maximum Gasteiger partial charge on any atom is 0.335 e. The van der Waals surface area contributed by atoms with Gasteiger partial charge < -0.3 is 14.9 Å². The van der Waals surface area contributed by atoms with Gasteiger partial charge in [-0.2, -0.15) is 5.26 Å². The molecular weight excluding hydrogens is 1460 g/mol. The van der Waals surface area contributed by atoms with Gasteiger partial charge in [0.25, 0.3) is 40.1 Å². The van der Waals surface area contributed by atoms with Crippen molar-refractivity contribution in [2.24, 2.45) is 0 Å². The summed E-state index contributed by atoms with van der Waals surface area (Å²) in [5.41, 5.74) is 12.5. The summed E-state index contributed by atoms with van der Waals surface area (Å²) < 4.78 is 124. The normalized spacial score (nSPS) is 11.3. The minimum atomic E-state index is -3.85. The number of phenols is 1. The SMILES string of the molecule is C.COc1ccc(S(=O)(=O)Nc2cccc(-n3cnc4ccccc43)c2)cc1.N#Cc1ccc(S(=O)(=O)Nc2cccc(-n3cnc4ccccc43)c2)cc1.O=C(O)c1ccc(S(=O)(=O)Nc2cccc(-n3cnc4ccccc43)c2)cc1.O=S(=O)(Nc1cccc(-n2cnc3ccccc32)c1)c1ccc(O)cc1. The molecule has 16 aromatic rings. The lowest BCUT2D eigenvalue weighted by molar-refractivity contribution is 0.0696. The zero-order valence-corrected chi connectivity index (χ0v) is 59.9. The minimum absolute atomic E-state index is 0. The molecule has 0 aliphatic rings. The van der Waals surface area contributed by atoms with E-state index in [0.717, 1.165) is 66.9 Å². The van der Waals surface area contributed by atoms with E-state index in [9.17, 15) is 43.6 Å². The van der Waals surface area contributed by atoms with Crippen LogP contribution < -0.4 is 23.6 Å². The van der Waals surface area contributed by atoms with Crippen LogP contribution in [0.5, 0.6) is 11.5 Å². The van der Waals surface area contributed by atoms with Gasteiger partial charge in [-0.1, -0.05) is 80.2 Å². The molecule has 0 unspecified atom stereocenters. The number of ether oxygens (including phenoxy) is 1. The molecule has 0 fully saturated rings. The number of carboxylic acid groups (broad SMARTS) is 1. The summed E-state index contributed by atoms with van der Waals surface area (Å²) in [6.07, 6.45) is 6.82. The van der Waals surface area contributed by atoms with Gasteiger partial charge >= 0.3 is 5.97 Å². The molecule has 0 amide bonds. The van der Waals surface area contributed by atoms with Crippen molar-refractivity contribution in [3.8, 4) is 40.3 Å². The van der Waals surface area contributed by atoms with E-state index in [2.05, 4.69) is 38.8 Å². The molecule has 109 heavy (non-hydrogen) atoms. The van der Waals surface area contributed by atoms with Crippen LogP contribution in [0.1, 0.15) is 23.3 Å². The van der Waals surface area contributed by atoms with Crippen LogP contribution in [0, 0.1) is 11.3 Å². The third kappa shape index (κ3) is 17.4. The molecule has 25 nitrogen and oxygen atoms in total. The fraction of sp³-hybridized carbons (Fsp3) is 0.0250. The molecule has 4 heterocycles. The summed E-state index contributed by atoms with van der Waals surface area (Å²) in [6.45, 7) is 0. The van der Waals surface area contributed by atoms with Crippen molar-refractivity contribution in [2.75, 3.05) is 26.0 Å². The lowest BCUT2D eigenvalue weighted by Gasteiger charge is -2.11. The number of para-hydroxylation sites is 8. The highest BCUT2D eigenvalue weighted by atomic mass is 32.2. The molecule has 0 aliphatic carbocycles. The zero-order valence-electron chi connectivity index (χ0n) is 56.7. The molecule has 0 spiro atoms. The fourth-order valence-electron chi connectivity index (χ4n) is 11.3. The molecule has 0 saturated heterocycles. The van der Waals surface area contributed by atoms with Gasteiger partial charge in [-0.3, -0.25) is 37.2 Å². The maximum absolute atomic E-state index is 12.6. The van der Waals surface area contributed by atoms with Gasteiger partial charge in [0, 0.05) is 22.7 Å². The molecular formula is C80H65N13O12S4. The summed E-state index contributed by atoms with van der Waals surface area (Å²) in [5.74, 6) is -0.502. The molecule has 0 radical (unpaired) electrons. The molecule has 12 aromatic carbocycles. The number of nitrogens with one attached hydrogen (secondary N) is 4. The Labute approximate surface area is 626 Å². The molecule has 0 atom stereocenters. The van der Waals surface area contributed by atoms with Gasteiger partial charge in [0.05, 0.1) is 111 Å². The number of carbonyl (C=O) groups is 1. The number of fused-ring (bicyclic) bond motifs is 4. The predicted octanol–water partition coefficient (Wildman–Crippen LogP) is 15.2. The van der Waals surface area contributed by atoms with E-state index in [0.29, 0.717) is 34.1 Å². The summed E-state index contributed by atoms with van der Waals surface area (Å²) in [7, 11) is -13.5. The van der Waals surface area contributed by atoms with E-state index in [1.807, 2.05) is 146 Å². The van der Waals surface area contributed by atoms with Crippen LogP contribution in [0.3, 0.4) is 0 Å². The summed E-state index contributed by atoms with van der Waals surface area (Å²) in [6, 6.07) is 83.6. The second-order valence-electron chi connectivity index (χ2n) is 23.7. The second kappa shape index (κ2) is 32.2. The quantitative estimate of drug-likeness (QED) is 0.0465. The lowest BCUT2D eigenvalue weighted by Crippen LogP contribution is -2.13. The number of aromatic hydroxyl groups is 1. The summed E-state index contributed by atoms with van der Waals surface area (Å²) in [5, 5.41) is 27.1. The van der Waals surface area contributed by atoms with Crippen molar-refractivity contribution in [3.05, 3.63) is 328 Å². The minimum Gasteiger partial charge on any atom is -0.508 e. The average Bonchev–Trinajstić information content (AvgIpc) is 1.79. The van der Waals surface area contributed by atoms with Crippen molar-refractivity contribution in [1.29, 1.82) is 5.26 Å². The van der Waals surface area contributed by atoms with Crippen LogP contribution in [-0.2, 0) is 40.1 Å². The Morgan fingerprint density at radius 1 is 0.367 bits per heavy atom. The number of aromatic carboxylic acids is 1. The molecule has 29 heteroatoms. The Balaban J connectivity index is 0.000000135. The van der Waals surface area contributed by atoms with Crippen LogP contribution in [0.2, 0.25) is 0 Å². The Hall–Kier alpha value is -13.9. The highest BCUT2D eigenvalue weighted by molar-refractivity contribution is 7.93. The van der Waals surface area contributed by atoms with Crippen molar-refractivity contribution in [2.45, 2.75) is 27.0 Å². The average molecular weight is 1530 g/mol. The van der Waals surface area contributed by atoms with Crippen molar-refractivity contribution < 1.29 is 53.4 Å². The summed E-state index contributed by atoms with van der Waals surface area (Å²) in [4.78, 5) is 28.7. The molecule has 0 bridgehead atoms. The number of hydrogen-bond acceptors (Lipinski definition) is 16. The zero-order chi connectivity index (χ0) is 75.6. The molecule has 4 aromatic heterocycles. The number of anilines is 4. The Kier molecular flexibility index (Phi) is 22.1. The largest absolute Gasteiger partial charge is 0.508 e. The molecule has 6 N–H and O–H groups in total. The van der Waals surface area contributed by atoms with Crippen molar-refractivity contribution >= 4 is 113 Å². The lowest BCUT2D eigenvalue weighted by atomic mass is 10.2. The first-order chi connectivity index (χ1) is 52.1. The highest BCUT2D eigenvalue weighted by Gasteiger charge is 2.20. The number of hydrogen-bond donors (Lipinski definition) is 6. The fourth-order valence-corrected chi connectivity index (χ4v) is 15.5. The van der Waals surface area contributed by atoms with Gasteiger partial charge in [-0.05, 0) is 218 Å². The van der Waals surface area contributed by atoms with Crippen LogP contribution in [0.15, 0.2) is 336 Å². The summed E-state index contributed by atoms with van der Waals surface area (Å²) >= 11 is 0. The van der Waals surface area contributed by atoms with Crippen LogP contribution in [0.25, 0.3) is 66.9 Å². The predicted molar refractivity (Wildman–Crippen MR) is 420 cm³/mol. The number of imidazole rings is 4. The number of sulfonamides is 4. The number of nitriles is 1. The van der Waals surface area contributed by atoms with E-state index >= 15 is 0 Å². The number of aromatic nitrogens is 8. The van der Waals surface area contributed by atoms with Gasteiger partial charge in [0.15, 0.2) is 0 Å². The monoisotopic (exact) mass is 1530 g/mol. The Bertz CT molecular complexity index is 6510. The molecule has 0 aliphatic heterocycles. The first-order valence-corrected chi connectivity index (χ1v) is 38.5. The standard InChI is InChI=1S/C20H14N4O2S.C20H15N3O4S.C20H17N3O3S.C19H15N3O3S.CH4/c21-13-15-8-10-18(11-9-15)27(25,26)23-16-4-3-5-17(12-16)24-14-22-19-6-1-2-7-20(19)24;24-20(25)14-8-10-17(11-9-14)28(26,27)22-15-4-3-5-16(12-15)23-13-21-18-6-1-2-7-19(18)23;1-26-17-9-11-18(12-10-17)27(24,25)22-15-5-4-6-16(13-15)23-14-21-19-7-2-3-8-20(19)23;23-16-8-10-17(11-9-16)26(24,25)21-14-4-3-5-15(12-14)22-13-20-18-6-1-2-7-19(18)22;/h1-12,14,23H;1-13,22H,(H,24,25);2-14,22H,1H3;1-13,21,23H;1H4. The molecule has 0 saturated carbocycles. The number of phenolic OH excluding ortho intramolecular Hbond substituents is 1. The van der Waals surface area contributed by atoms with E-state index in [-0.39, 0.29) is 38.3 Å². The first-order valence-electron chi connectivity index (χ1n) is 32.6. The smallest absolute Gasteiger partial charge is 0.335 e. The van der Waals surface area contributed by atoms with Gasteiger partial charge in [-0.25, -0.2) is 58.4 Å². The number of rotatable bonds is 18. The maximum atomic E-state index is 12.6. The highest BCUT2D eigenvalue weighted by Crippen LogP contribution is 2.29. The van der Waals surface area contributed by atoms with Crippen LogP contribution >= 0.6 is 0 Å². The van der Waals surface area contributed by atoms with Crippen LogP contribution in [0.4, 0.5) is 22.7 Å². The van der Waals surface area contributed by atoms with E-state index < -0.39 is 46.1 Å². The number of carboxylic acids is 1. The Morgan fingerprint density at radius 3 is 0.908 bits per heavy atom. The molecule has 16 rings (SSSR count). The number of methoxy groups -OCH3 is 1. The second-order valence-corrected chi connectivity index (χ2v) is 30.4. The van der Waals surface area contributed by atoms with E-state index in [1.165, 1.54) is 92.0 Å². The van der Waals surface area contributed by atoms with Gasteiger partial charge in [-0.15, -0.1) is 0 Å². The van der Waals surface area contributed by atoms with Gasteiger partial charge in [0.2, 0.25) is 0 Å². The number of nitrogens with zero attached hydrogens (tertiary/aromatic N) is 9. The van der Waals surface area contributed by atoms with E-state index in [4.69, 9.17) is 15.1 Å². The van der Waals surface area contributed by atoms with E-state index in [1.54, 1.807) is 110 Å². The third-order valence-corrected chi connectivity index (χ3v) is 22.1. The number of benzene rings is 12. The Morgan fingerprint density at radius 2 is 0.633 bits per heavy atom. The van der Waals surface area contributed by atoms with Crippen molar-refractivity contribution in [3.63, 3.8) is 0 Å². The first kappa shape index (κ1) is 74.8. The topological polar surface area (TPSA) is 347 Å². The van der Waals surface area contributed by atoms with Crippen molar-refractivity contribution in [1.82, 2.24) is 38.2 Å². The van der Waals surface area contributed by atoms with Crippen LogP contribution in [-0.4, -0.2) is 95.2 Å².